The summed E-state index contributed by atoms with van der Waals surface area (Å²) in [6.07, 6.45) is -5.03. The third-order valence-electron chi connectivity index (χ3n) is 2.79. The quantitative estimate of drug-likeness (QED) is 0.815. The van der Waals surface area contributed by atoms with Crippen LogP contribution in [0.15, 0.2) is 30.3 Å². The highest BCUT2D eigenvalue weighted by molar-refractivity contribution is 6.58. The first-order valence-corrected chi connectivity index (χ1v) is 8.63. The first kappa shape index (κ1) is 18.2. The Balaban J connectivity index is 2.99. The minimum Gasteiger partial charge on any atom is -0.389 e. The van der Waals surface area contributed by atoms with Crippen molar-refractivity contribution in [2.75, 3.05) is 0 Å². The monoisotopic (exact) mass is 322 g/mol. The third kappa shape index (κ3) is 5.42. The summed E-state index contributed by atoms with van der Waals surface area (Å²) < 4.78 is 49.3. The molecule has 7 heteroatoms. The molecular formula is C14H21F3O3Si. The number of halogens is 3. The fourth-order valence-electron chi connectivity index (χ4n) is 1.78. The van der Waals surface area contributed by atoms with Crippen molar-refractivity contribution in [1.82, 2.24) is 0 Å². The average molecular weight is 322 g/mol. The molecule has 1 N–H and O–H groups in total. The van der Waals surface area contributed by atoms with Gasteiger partial charge in [0, 0.05) is 12.1 Å². The Morgan fingerprint density at radius 1 is 1.14 bits per heavy atom. The largest absolute Gasteiger partial charge is 0.503 e. The van der Waals surface area contributed by atoms with Gasteiger partial charge in [0.15, 0.2) is 5.60 Å². The van der Waals surface area contributed by atoms with Crippen molar-refractivity contribution in [2.45, 2.75) is 51.6 Å². The van der Waals surface area contributed by atoms with Crippen LogP contribution in [0.3, 0.4) is 0 Å². The predicted molar refractivity (Wildman–Crippen MR) is 75.6 cm³/mol. The zero-order valence-corrected chi connectivity index (χ0v) is 13.6. The minimum absolute atomic E-state index is 0.0640. The van der Waals surface area contributed by atoms with Gasteiger partial charge in [-0.2, -0.15) is 13.2 Å². The second-order valence-electron chi connectivity index (χ2n) is 5.65. The van der Waals surface area contributed by atoms with Gasteiger partial charge in [-0.1, -0.05) is 30.3 Å². The van der Waals surface area contributed by atoms with Gasteiger partial charge in [-0.15, -0.1) is 0 Å². The van der Waals surface area contributed by atoms with Crippen molar-refractivity contribution in [3.05, 3.63) is 35.9 Å². The molecule has 3 nitrogen and oxygen atoms in total. The van der Waals surface area contributed by atoms with Gasteiger partial charge in [0.2, 0.25) is 0 Å². The molecule has 1 unspecified atom stereocenters. The molecule has 21 heavy (non-hydrogen) atoms. The summed E-state index contributed by atoms with van der Waals surface area (Å²) in [7, 11) is -4.02. The standard InChI is InChI=1S/C14H21F3O3Si/c1-11(2)19-21(18,10-12-8-6-5-7-9-12)20-13(3,4)14(15,16)17/h5-9,11,18H,10H2,1-4H3. The highest BCUT2D eigenvalue weighted by Crippen LogP contribution is 2.35. The molecule has 120 valence electrons. The van der Waals surface area contributed by atoms with Crippen LogP contribution >= 0.6 is 0 Å². The molecule has 1 aromatic carbocycles. The first-order valence-electron chi connectivity index (χ1n) is 6.66. The van der Waals surface area contributed by atoms with E-state index in [2.05, 4.69) is 0 Å². The fourth-order valence-corrected chi connectivity index (χ4v) is 4.39. The highest BCUT2D eigenvalue weighted by atomic mass is 28.4. The summed E-state index contributed by atoms with van der Waals surface area (Å²) in [6, 6.07) is 8.64. The van der Waals surface area contributed by atoms with E-state index in [0.717, 1.165) is 13.8 Å². The van der Waals surface area contributed by atoms with Crippen LogP contribution in [0.5, 0.6) is 0 Å². The topological polar surface area (TPSA) is 38.7 Å². The van der Waals surface area contributed by atoms with Gasteiger partial charge in [-0.25, -0.2) is 0 Å². The summed E-state index contributed by atoms with van der Waals surface area (Å²) in [5, 5.41) is 0. The molecule has 0 aliphatic rings. The molecule has 0 aliphatic carbocycles. The summed E-state index contributed by atoms with van der Waals surface area (Å²) in [6.45, 7) is 5.07. The van der Waals surface area contributed by atoms with Crippen molar-refractivity contribution in [3.63, 3.8) is 0 Å². The Morgan fingerprint density at radius 3 is 2.10 bits per heavy atom. The first-order chi connectivity index (χ1) is 9.45. The van der Waals surface area contributed by atoms with Crippen LogP contribution in [0.2, 0.25) is 0 Å². The van der Waals surface area contributed by atoms with E-state index in [1.54, 1.807) is 44.2 Å². The molecule has 0 saturated carbocycles. The minimum atomic E-state index is -4.59. The maximum atomic E-state index is 13.0. The molecule has 1 aromatic rings. The Kier molecular flexibility index (Phi) is 5.60. The van der Waals surface area contributed by atoms with Gasteiger partial charge in [0.1, 0.15) is 0 Å². The van der Waals surface area contributed by atoms with Crippen molar-refractivity contribution in [2.24, 2.45) is 0 Å². The van der Waals surface area contributed by atoms with E-state index < -0.39 is 26.7 Å². The zero-order valence-electron chi connectivity index (χ0n) is 12.6. The van der Waals surface area contributed by atoms with E-state index in [4.69, 9.17) is 8.85 Å². The lowest BCUT2D eigenvalue weighted by molar-refractivity contribution is -0.248. The summed E-state index contributed by atoms with van der Waals surface area (Å²) in [5.41, 5.74) is -1.80. The normalized spacial score (nSPS) is 16.0. The number of rotatable bonds is 6. The van der Waals surface area contributed by atoms with E-state index in [-0.39, 0.29) is 6.04 Å². The van der Waals surface area contributed by atoms with Crippen molar-refractivity contribution < 1.29 is 26.8 Å². The molecule has 0 heterocycles. The molecule has 0 aliphatic heterocycles. The number of hydrogen-bond acceptors (Lipinski definition) is 3. The van der Waals surface area contributed by atoms with Crippen molar-refractivity contribution in [3.8, 4) is 0 Å². The molecule has 0 spiro atoms. The Hall–Kier alpha value is -0.893. The highest BCUT2D eigenvalue weighted by Gasteiger charge is 2.55. The van der Waals surface area contributed by atoms with Gasteiger partial charge in [0.25, 0.3) is 0 Å². The maximum absolute atomic E-state index is 13.0. The predicted octanol–water partition coefficient (Wildman–Crippen LogP) is 3.48. The molecule has 0 saturated heterocycles. The van der Waals surface area contributed by atoms with E-state index in [9.17, 15) is 18.0 Å². The van der Waals surface area contributed by atoms with Crippen molar-refractivity contribution in [1.29, 1.82) is 0 Å². The van der Waals surface area contributed by atoms with E-state index in [1.165, 1.54) is 0 Å². The zero-order chi connectivity index (χ0) is 16.3. The van der Waals surface area contributed by atoms with Gasteiger partial charge in [-0.05, 0) is 33.3 Å². The average Bonchev–Trinajstić information content (AvgIpc) is 2.25. The summed E-state index contributed by atoms with van der Waals surface area (Å²) in [5.74, 6) is 0. The lowest BCUT2D eigenvalue weighted by atomic mass is 10.1. The molecule has 1 rings (SSSR count). The van der Waals surface area contributed by atoms with E-state index in [1.807, 2.05) is 0 Å². The van der Waals surface area contributed by atoms with Crippen LogP contribution in [0.4, 0.5) is 13.2 Å². The third-order valence-corrected chi connectivity index (χ3v) is 5.31. The van der Waals surface area contributed by atoms with Crippen molar-refractivity contribution >= 4 is 8.80 Å². The molecular weight excluding hydrogens is 301 g/mol. The smallest absolute Gasteiger partial charge is 0.389 e. The number of benzene rings is 1. The van der Waals surface area contributed by atoms with E-state index >= 15 is 0 Å². The van der Waals surface area contributed by atoms with Crippen LogP contribution in [-0.4, -0.2) is 31.5 Å². The van der Waals surface area contributed by atoms with Gasteiger partial charge < -0.3 is 13.6 Å². The van der Waals surface area contributed by atoms with Gasteiger partial charge in [0.05, 0.1) is 0 Å². The van der Waals surface area contributed by atoms with Crippen LogP contribution in [0.25, 0.3) is 0 Å². The van der Waals surface area contributed by atoms with Crippen LogP contribution in [0.1, 0.15) is 33.3 Å². The van der Waals surface area contributed by atoms with Gasteiger partial charge in [-0.3, -0.25) is 0 Å². The molecule has 0 radical (unpaired) electrons. The van der Waals surface area contributed by atoms with Crippen LogP contribution < -0.4 is 0 Å². The molecule has 1 atom stereocenters. The Labute approximate surface area is 124 Å². The molecule has 0 bridgehead atoms. The Bertz CT molecular complexity index is 449. The number of hydrogen-bond donors (Lipinski definition) is 1. The maximum Gasteiger partial charge on any atom is 0.503 e. The SMILES string of the molecule is CC(C)O[Si](O)(Cc1ccccc1)OC(C)(C)C(F)(F)F. The lowest BCUT2D eigenvalue weighted by Crippen LogP contribution is -2.57. The van der Waals surface area contributed by atoms with Gasteiger partial charge >= 0.3 is 15.0 Å². The Morgan fingerprint density at radius 2 is 1.67 bits per heavy atom. The second-order valence-corrected chi connectivity index (χ2v) is 7.87. The number of alkyl halides is 3. The molecule has 0 aromatic heterocycles. The molecule has 0 amide bonds. The summed E-state index contributed by atoms with van der Waals surface area (Å²) >= 11 is 0. The summed E-state index contributed by atoms with van der Waals surface area (Å²) in [4.78, 5) is 10.5. The second kappa shape index (κ2) is 6.47. The molecule has 0 fully saturated rings. The lowest BCUT2D eigenvalue weighted by Gasteiger charge is -2.36. The fraction of sp³-hybridized carbons (Fsp3) is 0.571. The van der Waals surface area contributed by atoms with E-state index in [0.29, 0.717) is 5.56 Å². The van der Waals surface area contributed by atoms with Crippen LogP contribution in [0, 0.1) is 0 Å². The van der Waals surface area contributed by atoms with Crippen LogP contribution in [-0.2, 0) is 14.9 Å².